The Morgan fingerprint density at radius 1 is 1.03 bits per heavy atom. The molecular weight excluding hydrogens is 488 g/mol. The molecule has 0 atom stereocenters. The molecule has 0 bridgehead atoms. The van der Waals surface area contributed by atoms with Crippen molar-refractivity contribution in [2.45, 2.75) is 13.1 Å². The summed E-state index contributed by atoms with van der Waals surface area (Å²) in [5.41, 5.74) is 2.42. The third kappa shape index (κ3) is 5.31. The number of anilines is 4. The van der Waals surface area contributed by atoms with Crippen LogP contribution in [0.2, 0.25) is 0 Å². The molecule has 0 saturated heterocycles. The average molecular weight is 513 g/mol. The Bertz CT molecular complexity index is 1410. The number of rotatable bonds is 8. The van der Waals surface area contributed by atoms with Crippen molar-refractivity contribution in [2.75, 3.05) is 28.3 Å². The Morgan fingerprint density at radius 3 is 2.29 bits per heavy atom. The summed E-state index contributed by atoms with van der Waals surface area (Å²) < 4.78 is 5.56. The van der Waals surface area contributed by atoms with Gasteiger partial charge in [0.2, 0.25) is 11.6 Å². The summed E-state index contributed by atoms with van der Waals surface area (Å²) in [4.78, 5) is 35.0. The molecular formula is C27H24N6O5. The van der Waals surface area contributed by atoms with E-state index in [9.17, 15) is 20.0 Å². The molecule has 0 radical (unpaired) electrons. The van der Waals surface area contributed by atoms with Crippen molar-refractivity contribution < 1.29 is 19.6 Å². The summed E-state index contributed by atoms with van der Waals surface area (Å²) >= 11 is 0. The fraction of sp³-hybridized carbons (Fsp3) is 0.148. The van der Waals surface area contributed by atoms with Crippen molar-refractivity contribution in [3.63, 3.8) is 0 Å². The molecule has 4 aromatic rings. The molecule has 0 aliphatic carbocycles. The molecule has 192 valence electrons. The van der Waals surface area contributed by atoms with Crippen LogP contribution in [0.5, 0.6) is 5.75 Å². The number of benzene rings is 3. The second-order valence-corrected chi connectivity index (χ2v) is 8.57. The van der Waals surface area contributed by atoms with Gasteiger partial charge >= 0.3 is 11.8 Å². The molecule has 1 aromatic heterocycles. The first-order valence-corrected chi connectivity index (χ1v) is 11.9. The van der Waals surface area contributed by atoms with Crippen LogP contribution in [-0.2, 0) is 13.1 Å². The monoisotopic (exact) mass is 512 g/mol. The van der Waals surface area contributed by atoms with Gasteiger partial charge in [-0.25, -0.2) is 14.8 Å². The molecule has 2 heterocycles. The van der Waals surface area contributed by atoms with E-state index in [4.69, 9.17) is 4.74 Å². The Labute approximate surface area is 218 Å². The maximum absolute atomic E-state index is 12.4. The fourth-order valence-corrected chi connectivity index (χ4v) is 4.30. The minimum absolute atomic E-state index is 0.00956. The standard InChI is InChI=1S/C27H24N6O5/c34-27(35)32-13-14-38-23-12-11-21(15-22(23)32)30-25-24(33(36)37)26(29-18-28-25)31(16-19-7-3-1-4-8-19)17-20-9-5-2-6-10-20/h1-12,15,18H,13-14,16-17H2,(H,34,35)(H,28,29,30). The third-order valence-electron chi connectivity index (χ3n) is 6.03. The lowest BCUT2D eigenvalue weighted by Gasteiger charge is -2.27. The summed E-state index contributed by atoms with van der Waals surface area (Å²) in [7, 11) is 0. The minimum atomic E-state index is -1.11. The number of hydrogen-bond donors (Lipinski definition) is 2. The summed E-state index contributed by atoms with van der Waals surface area (Å²) in [6, 6.07) is 24.1. The van der Waals surface area contributed by atoms with Gasteiger partial charge in [-0.1, -0.05) is 60.7 Å². The number of fused-ring (bicyclic) bond motifs is 1. The van der Waals surface area contributed by atoms with Gasteiger partial charge in [0, 0.05) is 18.8 Å². The van der Waals surface area contributed by atoms with Crippen LogP contribution in [0.3, 0.4) is 0 Å². The van der Waals surface area contributed by atoms with Crippen LogP contribution in [0.25, 0.3) is 0 Å². The maximum Gasteiger partial charge on any atom is 0.412 e. The number of amides is 1. The van der Waals surface area contributed by atoms with Gasteiger partial charge in [-0.05, 0) is 29.3 Å². The van der Waals surface area contributed by atoms with Gasteiger partial charge in [0.25, 0.3) is 0 Å². The maximum atomic E-state index is 12.4. The number of carboxylic acid groups (broad SMARTS) is 1. The van der Waals surface area contributed by atoms with Crippen molar-refractivity contribution in [3.05, 3.63) is 106 Å². The number of nitro groups is 1. The molecule has 1 aliphatic heterocycles. The molecule has 3 aromatic carbocycles. The van der Waals surface area contributed by atoms with Gasteiger partial charge < -0.3 is 20.1 Å². The van der Waals surface area contributed by atoms with Crippen molar-refractivity contribution in [3.8, 4) is 5.75 Å². The molecule has 2 N–H and O–H groups in total. The van der Waals surface area contributed by atoms with Crippen LogP contribution in [0, 0.1) is 10.1 Å². The number of nitrogens with one attached hydrogen (secondary N) is 1. The summed E-state index contributed by atoms with van der Waals surface area (Å²) in [5.74, 6) is 0.567. The van der Waals surface area contributed by atoms with E-state index >= 15 is 0 Å². The largest absolute Gasteiger partial charge is 0.490 e. The molecule has 5 rings (SSSR count). The lowest BCUT2D eigenvalue weighted by Crippen LogP contribution is -2.36. The van der Waals surface area contributed by atoms with Crippen LogP contribution < -0.4 is 19.9 Å². The first kappa shape index (κ1) is 24.5. The topological polar surface area (TPSA) is 134 Å². The van der Waals surface area contributed by atoms with E-state index in [1.165, 1.54) is 11.2 Å². The van der Waals surface area contributed by atoms with Gasteiger partial charge in [-0.15, -0.1) is 0 Å². The number of ether oxygens (including phenoxy) is 1. The predicted molar refractivity (Wildman–Crippen MR) is 142 cm³/mol. The molecule has 11 nitrogen and oxygen atoms in total. The van der Waals surface area contributed by atoms with Crippen molar-refractivity contribution >= 4 is 34.8 Å². The van der Waals surface area contributed by atoms with Crippen LogP contribution in [-0.4, -0.2) is 39.2 Å². The lowest BCUT2D eigenvalue weighted by molar-refractivity contribution is -0.383. The van der Waals surface area contributed by atoms with Crippen molar-refractivity contribution in [1.82, 2.24) is 9.97 Å². The van der Waals surface area contributed by atoms with E-state index in [0.29, 0.717) is 30.2 Å². The smallest absolute Gasteiger partial charge is 0.412 e. The number of nitrogens with zero attached hydrogens (tertiary/aromatic N) is 5. The van der Waals surface area contributed by atoms with E-state index in [-0.39, 0.29) is 30.5 Å². The van der Waals surface area contributed by atoms with Crippen molar-refractivity contribution in [1.29, 1.82) is 0 Å². The third-order valence-corrected chi connectivity index (χ3v) is 6.03. The van der Waals surface area contributed by atoms with E-state index in [1.54, 1.807) is 18.2 Å². The predicted octanol–water partition coefficient (Wildman–Crippen LogP) is 5.21. The normalized spacial score (nSPS) is 12.3. The molecule has 38 heavy (non-hydrogen) atoms. The van der Waals surface area contributed by atoms with Crippen LogP contribution in [0.4, 0.5) is 33.5 Å². The zero-order valence-electron chi connectivity index (χ0n) is 20.2. The summed E-state index contributed by atoms with van der Waals surface area (Å²) in [5, 5.41) is 24.9. The number of aromatic nitrogens is 2. The second-order valence-electron chi connectivity index (χ2n) is 8.57. The Morgan fingerprint density at radius 2 is 1.68 bits per heavy atom. The van der Waals surface area contributed by atoms with Gasteiger partial charge in [-0.3, -0.25) is 15.0 Å². The molecule has 0 spiro atoms. The average Bonchev–Trinajstić information content (AvgIpc) is 2.93. The Balaban J connectivity index is 1.53. The van der Waals surface area contributed by atoms with Crippen molar-refractivity contribution in [2.24, 2.45) is 0 Å². The van der Waals surface area contributed by atoms with E-state index in [2.05, 4.69) is 15.3 Å². The fourth-order valence-electron chi connectivity index (χ4n) is 4.30. The van der Waals surface area contributed by atoms with E-state index in [0.717, 1.165) is 11.1 Å². The number of carbonyl (C=O) groups is 1. The Kier molecular flexibility index (Phi) is 6.98. The highest BCUT2D eigenvalue weighted by Gasteiger charge is 2.29. The van der Waals surface area contributed by atoms with E-state index in [1.807, 2.05) is 65.6 Å². The van der Waals surface area contributed by atoms with E-state index < -0.39 is 11.0 Å². The van der Waals surface area contributed by atoms with Gasteiger partial charge in [-0.2, -0.15) is 0 Å². The first-order valence-electron chi connectivity index (χ1n) is 11.9. The summed E-state index contributed by atoms with van der Waals surface area (Å²) in [6.07, 6.45) is 0.165. The van der Waals surface area contributed by atoms with Gasteiger partial charge in [0.05, 0.1) is 17.2 Å². The molecule has 1 aliphatic rings. The van der Waals surface area contributed by atoms with Crippen LogP contribution in [0.1, 0.15) is 11.1 Å². The molecule has 1 amide bonds. The van der Waals surface area contributed by atoms with Gasteiger partial charge in [0.15, 0.2) is 0 Å². The SMILES string of the molecule is O=C(O)N1CCOc2ccc(Nc3ncnc(N(Cc4ccccc4)Cc4ccccc4)c3[N+](=O)[O-])cc21. The summed E-state index contributed by atoms with van der Waals surface area (Å²) in [6.45, 7) is 1.19. The first-order chi connectivity index (χ1) is 18.5. The second kappa shape index (κ2) is 10.8. The van der Waals surface area contributed by atoms with Crippen LogP contribution in [0.15, 0.2) is 85.2 Å². The molecule has 0 saturated carbocycles. The lowest BCUT2D eigenvalue weighted by atomic mass is 10.1. The highest BCUT2D eigenvalue weighted by atomic mass is 16.6. The highest BCUT2D eigenvalue weighted by molar-refractivity contribution is 5.90. The molecule has 11 heteroatoms. The Hall–Kier alpha value is -5.19. The molecule has 0 fully saturated rings. The quantitative estimate of drug-likeness (QED) is 0.241. The highest BCUT2D eigenvalue weighted by Crippen LogP contribution is 2.38. The molecule has 0 unspecified atom stereocenters. The minimum Gasteiger partial charge on any atom is -0.490 e. The zero-order chi connectivity index (χ0) is 26.5. The van der Waals surface area contributed by atoms with Crippen LogP contribution >= 0.6 is 0 Å². The van der Waals surface area contributed by atoms with Gasteiger partial charge in [0.1, 0.15) is 18.7 Å². The zero-order valence-corrected chi connectivity index (χ0v) is 20.2. The number of hydrogen-bond acceptors (Lipinski definition) is 8.